The fourth-order valence-electron chi connectivity index (χ4n) is 3.10. The van der Waals surface area contributed by atoms with Crippen LogP contribution in [0.1, 0.15) is 37.6 Å². The molecule has 0 aromatic heterocycles. The lowest BCUT2D eigenvalue weighted by Gasteiger charge is -2.34. The van der Waals surface area contributed by atoms with Crippen LogP contribution in [0.3, 0.4) is 0 Å². The number of rotatable bonds is 4. The Labute approximate surface area is 142 Å². The van der Waals surface area contributed by atoms with E-state index < -0.39 is 5.97 Å². The number of nitrogens with zero attached hydrogens (tertiary/aromatic N) is 1. The Hall–Kier alpha value is -2.37. The summed E-state index contributed by atoms with van der Waals surface area (Å²) in [6, 6.07) is 6.44. The molecule has 0 radical (unpaired) electrons. The predicted octanol–water partition coefficient (Wildman–Crippen LogP) is 2.31. The van der Waals surface area contributed by atoms with Crippen molar-refractivity contribution in [2.24, 2.45) is 11.8 Å². The quantitative estimate of drug-likeness (QED) is 0.859. The second-order valence-corrected chi connectivity index (χ2v) is 6.58. The Morgan fingerprint density at radius 1 is 1.21 bits per heavy atom. The zero-order valence-electron chi connectivity index (χ0n) is 14.4. The van der Waals surface area contributed by atoms with Gasteiger partial charge in [-0.1, -0.05) is 19.9 Å². The summed E-state index contributed by atoms with van der Waals surface area (Å²) in [6.07, 6.45) is 1.11. The number of nitrogens with one attached hydrogen (secondary N) is 1. The molecule has 130 valence electrons. The van der Waals surface area contributed by atoms with Gasteiger partial charge in [0.15, 0.2) is 6.61 Å². The predicted molar refractivity (Wildman–Crippen MR) is 90.6 cm³/mol. The molecule has 1 aliphatic rings. The maximum Gasteiger partial charge on any atom is 0.338 e. The highest BCUT2D eigenvalue weighted by atomic mass is 16.5. The largest absolute Gasteiger partial charge is 0.452 e. The van der Waals surface area contributed by atoms with Gasteiger partial charge in [0, 0.05) is 25.7 Å². The van der Waals surface area contributed by atoms with Crippen LogP contribution in [-0.4, -0.2) is 42.4 Å². The topological polar surface area (TPSA) is 75.7 Å². The van der Waals surface area contributed by atoms with Crippen LogP contribution in [0.25, 0.3) is 0 Å². The third kappa shape index (κ3) is 5.08. The molecule has 2 rings (SSSR count). The molecule has 1 saturated heterocycles. The molecule has 1 heterocycles. The molecule has 0 unspecified atom stereocenters. The lowest BCUT2D eigenvalue weighted by molar-refractivity contribution is -0.137. The minimum atomic E-state index is -0.575. The second kappa shape index (κ2) is 7.95. The van der Waals surface area contributed by atoms with Gasteiger partial charge in [-0.25, -0.2) is 4.79 Å². The van der Waals surface area contributed by atoms with Crippen LogP contribution < -0.4 is 5.32 Å². The Morgan fingerprint density at radius 3 is 2.50 bits per heavy atom. The van der Waals surface area contributed by atoms with Crippen molar-refractivity contribution in [1.82, 2.24) is 4.90 Å². The molecular weight excluding hydrogens is 308 g/mol. The Morgan fingerprint density at radius 2 is 1.88 bits per heavy atom. The maximum absolute atomic E-state index is 12.2. The summed E-state index contributed by atoms with van der Waals surface area (Å²) >= 11 is 0. The van der Waals surface area contributed by atoms with Gasteiger partial charge < -0.3 is 15.0 Å². The number of benzene rings is 1. The van der Waals surface area contributed by atoms with E-state index in [2.05, 4.69) is 19.2 Å². The number of carbonyl (C=O) groups is 3. The summed E-state index contributed by atoms with van der Waals surface area (Å²) in [7, 11) is 0. The van der Waals surface area contributed by atoms with Crippen molar-refractivity contribution in [1.29, 1.82) is 0 Å². The Balaban J connectivity index is 1.90. The maximum atomic E-state index is 12.2. The second-order valence-electron chi connectivity index (χ2n) is 6.58. The number of anilines is 1. The summed E-state index contributed by atoms with van der Waals surface area (Å²) in [5.74, 6) is -0.0390. The third-order valence-corrected chi connectivity index (χ3v) is 3.97. The third-order valence-electron chi connectivity index (χ3n) is 3.97. The average molecular weight is 332 g/mol. The van der Waals surface area contributed by atoms with E-state index in [1.165, 1.54) is 13.0 Å². The van der Waals surface area contributed by atoms with Crippen molar-refractivity contribution in [3.05, 3.63) is 29.8 Å². The van der Waals surface area contributed by atoms with Crippen LogP contribution >= 0.6 is 0 Å². The zero-order valence-corrected chi connectivity index (χ0v) is 14.4. The van der Waals surface area contributed by atoms with Crippen LogP contribution in [0.4, 0.5) is 5.69 Å². The van der Waals surface area contributed by atoms with Crippen molar-refractivity contribution < 1.29 is 19.1 Å². The Kier molecular flexibility index (Phi) is 5.95. The first kappa shape index (κ1) is 18.0. The van der Waals surface area contributed by atoms with Crippen LogP contribution in [0, 0.1) is 11.8 Å². The molecular formula is C18H24N2O4. The van der Waals surface area contributed by atoms with Gasteiger partial charge in [-0.3, -0.25) is 9.59 Å². The molecule has 2 atom stereocenters. The lowest BCUT2D eigenvalue weighted by atomic mass is 9.92. The van der Waals surface area contributed by atoms with Gasteiger partial charge in [-0.2, -0.15) is 0 Å². The minimum absolute atomic E-state index is 0.167. The number of likely N-dealkylation sites (tertiary alicyclic amines) is 1. The molecule has 24 heavy (non-hydrogen) atoms. The van der Waals surface area contributed by atoms with Gasteiger partial charge in [-0.05, 0) is 36.5 Å². The first-order valence-electron chi connectivity index (χ1n) is 8.17. The van der Waals surface area contributed by atoms with Crippen LogP contribution in [-0.2, 0) is 14.3 Å². The molecule has 1 aliphatic heterocycles. The van der Waals surface area contributed by atoms with Crippen molar-refractivity contribution >= 4 is 23.5 Å². The molecule has 1 aromatic rings. The number of hydrogen-bond donors (Lipinski definition) is 1. The first-order valence-corrected chi connectivity index (χ1v) is 8.17. The van der Waals surface area contributed by atoms with Gasteiger partial charge in [-0.15, -0.1) is 0 Å². The van der Waals surface area contributed by atoms with Crippen molar-refractivity contribution in [2.75, 3.05) is 25.0 Å². The molecule has 1 N–H and O–H groups in total. The van der Waals surface area contributed by atoms with Crippen LogP contribution in [0.15, 0.2) is 24.3 Å². The molecule has 2 amide bonds. The van der Waals surface area contributed by atoms with Crippen LogP contribution in [0.5, 0.6) is 0 Å². The minimum Gasteiger partial charge on any atom is -0.452 e. The van der Waals surface area contributed by atoms with E-state index in [0.29, 0.717) is 36.2 Å². The van der Waals surface area contributed by atoms with E-state index in [1.807, 2.05) is 0 Å². The number of ether oxygens (including phenoxy) is 1. The zero-order chi connectivity index (χ0) is 17.7. The van der Waals surface area contributed by atoms with E-state index in [4.69, 9.17) is 4.74 Å². The fourth-order valence-corrected chi connectivity index (χ4v) is 3.10. The van der Waals surface area contributed by atoms with E-state index >= 15 is 0 Å². The lowest BCUT2D eigenvalue weighted by Crippen LogP contribution is -2.44. The average Bonchev–Trinajstić information content (AvgIpc) is 2.51. The summed E-state index contributed by atoms with van der Waals surface area (Å²) in [4.78, 5) is 37.1. The van der Waals surface area contributed by atoms with Gasteiger partial charge >= 0.3 is 5.97 Å². The summed E-state index contributed by atoms with van der Waals surface area (Å²) < 4.78 is 5.13. The number of hydrogen-bond acceptors (Lipinski definition) is 4. The van der Waals surface area contributed by atoms with Gasteiger partial charge in [0.25, 0.3) is 5.91 Å². The molecule has 6 nitrogen and oxygen atoms in total. The summed E-state index contributed by atoms with van der Waals surface area (Å²) in [6.45, 7) is 6.79. The number of carbonyl (C=O) groups excluding carboxylic acids is 3. The molecule has 0 saturated carbocycles. The van der Waals surface area contributed by atoms with Gasteiger partial charge in [0.2, 0.25) is 5.91 Å². The monoisotopic (exact) mass is 332 g/mol. The van der Waals surface area contributed by atoms with E-state index in [9.17, 15) is 14.4 Å². The summed E-state index contributed by atoms with van der Waals surface area (Å²) in [5.41, 5.74) is 0.816. The van der Waals surface area contributed by atoms with E-state index in [0.717, 1.165) is 6.42 Å². The van der Waals surface area contributed by atoms with Crippen molar-refractivity contribution in [3.63, 3.8) is 0 Å². The summed E-state index contributed by atoms with van der Waals surface area (Å²) in [5, 5.41) is 2.60. The fraction of sp³-hybridized carbons (Fsp3) is 0.500. The SMILES string of the molecule is CC(=O)Nc1cccc(C(=O)OCC(=O)N2C[C@H](C)C[C@@H](C)C2)c1. The highest BCUT2D eigenvalue weighted by Gasteiger charge is 2.26. The standard InChI is InChI=1S/C18H24N2O4/c1-12-7-13(2)10-20(9-12)17(22)11-24-18(23)15-5-4-6-16(8-15)19-14(3)21/h4-6,8,12-13H,7,9-11H2,1-3H3,(H,19,21)/t12-,13-/m1/s1. The Bertz CT molecular complexity index is 619. The van der Waals surface area contributed by atoms with Crippen molar-refractivity contribution in [2.45, 2.75) is 27.2 Å². The molecule has 0 bridgehead atoms. The normalized spacial score (nSPS) is 20.4. The first-order chi connectivity index (χ1) is 11.3. The number of amides is 2. The van der Waals surface area contributed by atoms with Crippen LogP contribution in [0.2, 0.25) is 0 Å². The number of esters is 1. The van der Waals surface area contributed by atoms with E-state index in [-0.39, 0.29) is 18.4 Å². The van der Waals surface area contributed by atoms with Crippen molar-refractivity contribution in [3.8, 4) is 0 Å². The van der Waals surface area contributed by atoms with Gasteiger partial charge in [0.1, 0.15) is 0 Å². The molecule has 6 heteroatoms. The molecule has 1 aromatic carbocycles. The molecule has 0 spiro atoms. The molecule has 0 aliphatic carbocycles. The molecule has 1 fully saturated rings. The van der Waals surface area contributed by atoms with Gasteiger partial charge in [0.05, 0.1) is 5.56 Å². The highest BCUT2D eigenvalue weighted by molar-refractivity contribution is 5.94. The highest BCUT2D eigenvalue weighted by Crippen LogP contribution is 2.21. The van der Waals surface area contributed by atoms with E-state index in [1.54, 1.807) is 23.1 Å². The smallest absolute Gasteiger partial charge is 0.338 e. The number of piperidine rings is 1.